The van der Waals surface area contributed by atoms with Crippen molar-refractivity contribution in [3.63, 3.8) is 0 Å². The number of thiophene rings is 1. The molecule has 1 fully saturated rings. The van der Waals surface area contributed by atoms with Crippen molar-refractivity contribution < 1.29 is 10.2 Å². The Bertz CT molecular complexity index is 332. The van der Waals surface area contributed by atoms with E-state index in [1.807, 2.05) is 11.3 Å². The van der Waals surface area contributed by atoms with Gasteiger partial charge in [-0.25, -0.2) is 0 Å². The maximum Gasteiger partial charge on any atom is 0.0558 e. The fraction of sp³-hybridized carbons (Fsp3) is 0.692. The number of rotatable bonds is 6. The van der Waals surface area contributed by atoms with Gasteiger partial charge in [-0.2, -0.15) is 0 Å². The van der Waals surface area contributed by atoms with Gasteiger partial charge in [-0.15, -0.1) is 11.3 Å². The monoisotopic (exact) mass is 270 g/mol. The van der Waals surface area contributed by atoms with Crippen molar-refractivity contribution in [2.45, 2.75) is 18.4 Å². The predicted octanol–water partition coefficient (Wildman–Crippen LogP) is 0.480. The van der Waals surface area contributed by atoms with Gasteiger partial charge in [0, 0.05) is 43.0 Å². The second-order valence-electron chi connectivity index (χ2n) is 4.81. The Morgan fingerprint density at radius 1 is 1.33 bits per heavy atom. The minimum Gasteiger partial charge on any atom is -0.395 e. The molecule has 1 aliphatic heterocycles. The molecule has 18 heavy (non-hydrogen) atoms. The number of likely N-dealkylation sites (tertiary alicyclic amines) is 1. The van der Waals surface area contributed by atoms with Gasteiger partial charge in [-0.3, -0.25) is 4.90 Å². The Labute approximate surface area is 112 Å². The molecule has 2 rings (SSSR count). The summed E-state index contributed by atoms with van der Waals surface area (Å²) in [5.41, 5.74) is 0. The van der Waals surface area contributed by atoms with Gasteiger partial charge < -0.3 is 15.5 Å². The van der Waals surface area contributed by atoms with Gasteiger partial charge in [0.1, 0.15) is 0 Å². The summed E-state index contributed by atoms with van der Waals surface area (Å²) in [6.45, 7) is 3.76. The molecule has 0 spiro atoms. The number of nitrogens with one attached hydrogen (secondary N) is 1. The molecule has 2 heterocycles. The number of β-amino-alcohol motifs (C(OH)–C–C–N with tert-alkyl or cyclic N) is 1. The largest absolute Gasteiger partial charge is 0.395 e. The molecule has 2 atom stereocenters. The van der Waals surface area contributed by atoms with Gasteiger partial charge in [0.15, 0.2) is 0 Å². The van der Waals surface area contributed by atoms with Crippen molar-refractivity contribution in [3.05, 3.63) is 22.4 Å². The van der Waals surface area contributed by atoms with Crippen LogP contribution in [0.4, 0.5) is 0 Å². The molecule has 1 aromatic rings. The highest BCUT2D eigenvalue weighted by Gasteiger charge is 2.27. The van der Waals surface area contributed by atoms with Crippen LogP contribution >= 0.6 is 11.3 Å². The van der Waals surface area contributed by atoms with Crippen molar-refractivity contribution >= 4 is 11.3 Å². The summed E-state index contributed by atoms with van der Waals surface area (Å²) in [5.74, 6) is 0.543. The van der Waals surface area contributed by atoms with Crippen molar-refractivity contribution in [1.29, 1.82) is 0 Å². The third kappa shape index (κ3) is 3.76. The molecule has 102 valence electrons. The van der Waals surface area contributed by atoms with Crippen LogP contribution in [0, 0.1) is 0 Å². The molecule has 0 saturated carbocycles. The molecule has 0 aliphatic carbocycles. The molecule has 5 heteroatoms. The average molecular weight is 270 g/mol. The SMILES string of the molecule is OCCNC1CC(c2cccs2)CN(CCO)C1. The fourth-order valence-electron chi connectivity index (χ4n) is 2.66. The zero-order chi connectivity index (χ0) is 12.8. The molecular formula is C13H22N2O2S. The second kappa shape index (κ2) is 7.21. The van der Waals surface area contributed by atoms with Crippen molar-refractivity contribution in [2.24, 2.45) is 0 Å². The van der Waals surface area contributed by atoms with Gasteiger partial charge in [-0.05, 0) is 17.9 Å². The number of nitrogens with zero attached hydrogens (tertiary/aromatic N) is 1. The third-order valence-corrected chi connectivity index (χ3v) is 4.47. The molecule has 1 aromatic heterocycles. The van der Waals surface area contributed by atoms with Crippen LogP contribution < -0.4 is 5.32 Å². The van der Waals surface area contributed by atoms with E-state index in [0.717, 1.165) is 26.1 Å². The standard InChI is InChI=1S/C13H22N2O2S/c16-5-3-14-12-8-11(13-2-1-7-18-13)9-15(10-12)4-6-17/h1-2,7,11-12,14,16-17H,3-6,8-10H2. The summed E-state index contributed by atoms with van der Waals surface area (Å²) in [6.07, 6.45) is 1.11. The fourth-order valence-corrected chi connectivity index (χ4v) is 3.50. The van der Waals surface area contributed by atoms with Crippen LogP contribution in [-0.2, 0) is 0 Å². The lowest BCUT2D eigenvalue weighted by atomic mass is 9.93. The highest BCUT2D eigenvalue weighted by molar-refractivity contribution is 7.10. The van der Waals surface area contributed by atoms with Crippen LogP contribution in [0.25, 0.3) is 0 Å². The van der Waals surface area contributed by atoms with Crippen LogP contribution in [0.2, 0.25) is 0 Å². The van der Waals surface area contributed by atoms with E-state index in [4.69, 9.17) is 10.2 Å². The smallest absolute Gasteiger partial charge is 0.0558 e. The third-order valence-electron chi connectivity index (χ3n) is 3.43. The molecule has 4 nitrogen and oxygen atoms in total. The van der Waals surface area contributed by atoms with Crippen LogP contribution in [-0.4, -0.2) is 60.5 Å². The van der Waals surface area contributed by atoms with Gasteiger partial charge >= 0.3 is 0 Å². The normalized spacial score (nSPS) is 25.4. The first kappa shape index (κ1) is 14.0. The molecule has 0 aromatic carbocycles. The van der Waals surface area contributed by atoms with E-state index in [0.29, 0.717) is 18.5 Å². The van der Waals surface area contributed by atoms with Crippen LogP contribution in [0.3, 0.4) is 0 Å². The number of hydrogen-bond acceptors (Lipinski definition) is 5. The van der Waals surface area contributed by atoms with E-state index >= 15 is 0 Å². The summed E-state index contributed by atoms with van der Waals surface area (Å²) >= 11 is 1.81. The quantitative estimate of drug-likeness (QED) is 0.704. The summed E-state index contributed by atoms with van der Waals surface area (Å²) in [6, 6.07) is 4.70. The van der Waals surface area contributed by atoms with Gasteiger partial charge in [0.25, 0.3) is 0 Å². The molecule has 2 unspecified atom stereocenters. The topological polar surface area (TPSA) is 55.7 Å². The molecule has 1 aliphatic rings. The van der Waals surface area contributed by atoms with E-state index < -0.39 is 0 Å². The predicted molar refractivity (Wildman–Crippen MR) is 74.1 cm³/mol. The Morgan fingerprint density at radius 3 is 2.89 bits per heavy atom. The van der Waals surface area contributed by atoms with Crippen molar-refractivity contribution in [3.8, 4) is 0 Å². The zero-order valence-corrected chi connectivity index (χ0v) is 11.4. The van der Waals surface area contributed by atoms with Gasteiger partial charge in [0.05, 0.1) is 13.2 Å². The zero-order valence-electron chi connectivity index (χ0n) is 10.6. The number of piperidine rings is 1. The number of hydrogen-bond donors (Lipinski definition) is 3. The van der Waals surface area contributed by atoms with Crippen LogP contribution in [0.15, 0.2) is 17.5 Å². The Kier molecular flexibility index (Phi) is 5.59. The Balaban J connectivity index is 1.97. The molecular weight excluding hydrogens is 248 g/mol. The van der Waals surface area contributed by atoms with E-state index in [9.17, 15) is 0 Å². The first-order valence-corrected chi connectivity index (χ1v) is 7.42. The highest BCUT2D eigenvalue weighted by atomic mass is 32.1. The molecule has 0 radical (unpaired) electrons. The molecule has 0 amide bonds. The van der Waals surface area contributed by atoms with E-state index in [-0.39, 0.29) is 13.2 Å². The van der Waals surface area contributed by atoms with E-state index in [2.05, 4.69) is 27.7 Å². The summed E-state index contributed by atoms with van der Waals surface area (Å²) < 4.78 is 0. The molecule has 1 saturated heterocycles. The Morgan fingerprint density at radius 2 is 2.22 bits per heavy atom. The van der Waals surface area contributed by atoms with Gasteiger partial charge in [-0.1, -0.05) is 6.07 Å². The van der Waals surface area contributed by atoms with Crippen molar-refractivity contribution in [2.75, 3.05) is 39.4 Å². The lowest BCUT2D eigenvalue weighted by Crippen LogP contribution is -2.49. The summed E-state index contributed by atoms with van der Waals surface area (Å²) in [4.78, 5) is 3.73. The second-order valence-corrected chi connectivity index (χ2v) is 5.79. The lowest BCUT2D eigenvalue weighted by molar-refractivity contribution is 0.136. The maximum atomic E-state index is 9.10. The van der Waals surface area contributed by atoms with E-state index in [1.165, 1.54) is 4.88 Å². The average Bonchev–Trinajstić information content (AvgIpc) is 2.90. The number of aliphatic hydroxyl groups is 2. The molecule has 0 bridgehead atoms. The first-order chi connectivity index (χ1) is 8.83. The highest BCUT2D eigenvalue weighted by Crippen LogP contribution is 2.29. The van der Waals surface area contributed by atoms with Crippen LogP contribution in [0.1, 0.15) is 17.2 Å². The first-order valence-electron chi connectivity index (χ1n) is 6.54. The summed E-state index contributed by atoms with van der Waals surface area (Å²) in [5, 5.41) is 23.5. The summed E-state index contributed by atoms with van der Waals surface area (Å²) in [7, 11) is 0. The van der Waals surface area contributed by atoms with E-state index in [1.54, 1.807) is 0 Å². The lowest BCUT2D eigenvalue weighted by Gasteiger charge is -2.37. The Hall–Kier alpha value is -0.460. The minimum absolute atomic E-state index is 0.181. The van der Waals surface area contributed by atoms with Crippen molar-refractivity contribution in [1.82, 2.24) is 10.2 Å². The molecule has 3 N–H and O–H groups in total. The minimum atomic E-state index is 0.181. The number of aliphatic hydroxyl groups excluding tert-OH is 2. The van der Waals surface area contributed by atoms with Gasteiger partial charge in [0.2, 0.25) is 0 Å². The van der Waals surface area contributed by atoms with Crippen LogP contribution in [0.5, 0.6) is 0 Å². The maximum absolute atomic E-state index is 9.10.